The van der Waals surface area contributed by atoms with E-state index >= 15 is 0 Å². The van der Waals surface area contributed by atoms with E-state index in [9.17, 15) is 0 Å². The molecule has 0 spiro atoms. The van der Waals surface area contributed by atoms with Crippen molar-refractivity contribution in [2.24, 2.45) is 0 Å². The molecule has 0 aliphatic carbocycles. The van der Waals surface area contributed by atoms with Crippen molar-refractivity contribution in [1.82, 2.24) is 15.1 Å². The monoisotopic (exact) mass is 169 g/mol. The van der Waals surface area contributed by atoms with Crippen LogP contribution in [-0.4, -0.2) is 55.7 Å². The van der Waals surface area contributed by atoms with Crippen LogP contribution in [0.25, 0.3) is 0 Å². The molecule has 3 nitrogen and oxygen atoms in total. The van der Waals surface area contributed by atoms with Crippen LogP contribution in [0.1, 0.15) is 12.8 Å². The maximum atomic E-state index is 3.35. The van der Waals surface area contributed by atoms with Gasteiger partial charge in [0, 0.05) is 26.3 Å². The molecule has 0 unspecified atom stereocenters. The lowest BCUT2D eigenvalue weighted by Gasteiger charge is -2.31. The summed E-state index contributed by atoms with van der Waals surface area (Å²) in [6.07, 6.45) is 2.77. The summed E-state index contributed by atoms with van der Waals surface area (Å²) in [6, 6.07) is 0. The Labute approximate surface area is 74.7 Å². The summed E-state index contributed by atoms with van der Waals surface area (Å²) in [5.41, 5.74) is 0. The third-order valence-corrected chi connectivity index (χ3v) is 2.84. The first kappa shape index (κ1) is 8.48. The fourth-order valence-corrected chi connectivity index (χ4v) is 1.87. The molecular weight excluding hydrogens is 150 g/mol. The molecule has 2 saturated heterocycles. The second-order valence-electron chi connectivity index (χ2n) is 3.82. The molecule has 0 saturated carbocycles. The topological polar surface area (TPSA) is 18.5 Å². The van der Waals surface area contributed by atoms with Crippen molar-refractivity contribution in [1.29, 1.82) is 0 Å². The molecule has 1 N–H and O–H groups in total. The molecule has 0 bridgehead atoms. The highest BCUT2D eigenvalue weighted by Crippen LogP contribution is 2.06. The molecule has 2 rings (SSSR count). The Balaban J connectivity index is 1.49. The van der Waals surface area contributed by atoms with Gasteiger partial charge in [-0.2, -0.15) is 0 Å². The van der Waals surface area contributed by atoms with E-state index in [1.165, 1.54) is 52.1 Å². The molecule has 0 aromatic carbocycles. The largest absolute Gasteiger partial charge is 0.303 e. The van der Waals surface area contributed by atoms with Gasteiger partial charge in [0.1, 0.15) is 0 Å². The molecule has 2 aliphatic heterocycles. The van der Waals surface area contributed by atoms with Gasteiger partial charge in [-0.3, -0.25) is 4.90 Å². The van der Waals surface area contributed by atoms with Crippen molar-refractivity contribution in [2.75, 3.05) is 45.9 Å². The molecule has 2 heterocycles. The van der Waals surface area contributed by atoms with Crippen LogP contribution in [0.3, 0.4) is 0 Å². The van der Waals surface area contributed by atoms with Crippen molar-refractivity contribution in [3.05, 3.63) is 0 Å². The second-order valence-corrected chi connectivity index (χ2v) is 3.82. The van der Waals surface area contributed by atoms with E-state index in [0.29, 0.717) is 0 Å². The smallest absolute Gasteiger partial charge is 0.0481 e. The first-order chi connectivity index (χ1) is 5.95. The van der Waals surface area contributed by atoms with E-state index in [1.54, 1.807) is 0 Å². The minimum absolute atomic E-state index is 1.11. The van der Waals surface area contributed by atoms with Crippen LogP contribution < -0.4 is 5.32 Å². The fourth-order valence-electron chi connectivity index (χ4n) is 1.87. The van der Waals surface area contributed by atoms with Crippen molar-refractivity contribution in [2.45, 2.75) is 12.8 Å². The summed E-state index contributed by atoms with van der Waals surface area (Å²) in [5.74, 6) is 0. The molecule has 3 heteroatoms. The van der Waals surface area contributed by atoms with Gasteiger partial charge in [0.15, 0.2) is 0 Å². The van der Waals surface area contributed by atoms with Gasteiger partial charge in [0.2, 0.25) is 0 Å². The van der Waals surface area contributed by atoms with Gasteiger partial charge in [-0.05, 0) is 32.5 Å². The number of hydrogen-bond acceptors (Lipinski definition) is 3. The van der Waals surface area contributed by atoms with Crippen molar-refractivity contribution in [3.63, 3.8) is 0 Å². The van der Waals surface area contributed by atoms with Crippen LogP contribution in [0, 0.1) is 0 Å². The summed E-state index contributed by atoms with van der Waals surface area (Å²) >= 11 is 0. The van der Waals surface area contributed by atoms with Crippen LogP contribution in [-0.2, 0) is 0 Å². The first-order valence-electron chi connectivity index (χ1n) is 5.10. The summed E-state index contributed by atoms with van der Waals surface area (Å²) in [5, 5.41) is 3.35. The molecule has 0 atom stereocenters. The van der Waals surface area contributed by atoms with E-state index in [1.807, 2.05) is 0 Å². The average molecular weight is 169 g/mol. The van der Waals surface area contributed by atoms with E-state index in [-0.39, 0.29) is 0 Å². The summed E-state index contributed by atoms with van der Waals surface area (Å²) < 4.78 is 0. The van der Waals surface area contributed by atoms with Gasteiger partial charge in [0.05, 0.1) is 0 Å². The van der Waals surface area contributed by atoms with E-state index in [4.69, 9.17) is 0 Å². The highest BCUT2D eigenvalue weighted by Gasteiger charge is 2.14. The van der Waals surface area contributed by atoms with Crippen molar-refractivity contribution < 1.29 is 0 Å². The number of nitrogens with zero attached hydrogens (tertiary/aromatic N) is 2. The average Bonchev–Trinajstić information content (AvgIpc) is 2.46. The molecular formula is C9H19N3. The van der Waals surface area contributed by atoms with Crippen LogP contribution in [0.5, 0.6) is 0 Å². The molecule has 2 aliphatic rings. The summed E-state index contributed by atoms with van der Waals surface area (Å²) in [7, 11) is 0. The Morgan fingerprint density at radius 1 is 1.00 bits per heavy atom. The molecule has 0 radical (unpaired) electrons. The lowest BCUT2D eigenvalue weighted by molar-refractivity contribution is 0.170. The third-order valence-electron chi connectivity index (χ3n) is 2.84. The summed E-state index contributed by atoms with van der Waals surface area (Å²) in [6.45, 7) is 8.83. The number of likely N-dealkylation sites (tertiary alicyclic amines) is 1. The highest BCUT2D eigenvalue weighted by atomic mass is 15.3. The zero-order valence-corrected chi connectivity index (χ0v) is 7.76. The fraction of sp³-hybridized carbons (Fsp3) is 1.00. The van der Waals surface area contributed by atoms with Crippen molar-refractivity contribution in [3.8, 4) is 0 Å². The van der Waals surface area contributed by atoms with Crippen molar-refractivity contribution >= 4 is 0 Å². The quantitative estimate of drug-likeness (QED) is 0.636. The first-order valence-corrected chi connectivity index (χ1v) is 5.10. The van der Waals surface area contributed by atoms with Crippen LogP contribution >= 0.6 is 0 Å². The Kier molecular flexibility index (Phi) is 2.98. The maximum Gasteiger partial charge on any atom is 0.0481 e. The summed E-state index contributed by atoms with van der Waals surface area (Å²) in [4.78, 5) is 5.04. The van der Waals surface area contributed by atoms with Gasteiger partial charge >= 0.3 is 0 Å². The number of nitrogens with one attached hydrogen (secondary N) is 1. The third kappa shape index (κ3) is 2.19. The Morgan fingerprint density at radius 3 is 2.42 bits per heavy atom. The predicted octanol–water partition coefficient (Wildman–Crippen LogP) is -0.0551. The van der Waals surface area contributed by atoms with Crippen LogP contribution in [0.15, 0.2) is 0 Å². The predicted molar refractivity (Wildman–Crippen MR) is 50.1 cm³/mol. The van der Waals surface area contributed by atoms with E-state index < -0.39 is 0 Å². The van der Waals surface area contributed by atoms with E-state index in [2.05, 4.69) is 15.1 Å². The normalized spacial score (nSPS) is 26.0. The Bertz CT molecular complexity index is 128. The van der Waals surface area contributed by atoms with Gasteiger partial charge in [-0.15, -0.1) is 0 Å². The number of rotatable bonds is 4. The molecule has 0 aromatic rings. The Morgan fingerprint density at radius 2 is 1.83 bits per heavy atom. The minimum atomic E-state index is 1.11. The number of hydrogen-bond donors (Lipinski definition) is 1. The maximum absolute atomic E-state index is 3.35. The lowest BCUT2D eigenvalue weighted by Crippen LogP contribution is -2.39. The molecule has 0 aromatic heterocycles. The zero-order chi connectivity index (χ0) is 8.23. The standard InChI is InChI=1S/C9H19N3/c1-4-11(5-1)6-2-7-12-8-3-10-9-12/h10H,1-9H2. The van der Waals surface area contributed by atoms with E-state index in [0.717, 1.165) is 6.67 Å². The minimum Gasteiger partial charge on any atom is -0.303 e. The molecule has 70 valence electrons. The van der Waals surface area contributed by atoms with Crippen LogP contribution in [0.2, 0.25) is 0 Å². The van der Waals surface area contributed by atoms with Gasteiger partial charge in [-0.1, -0.05) is 0 Å². The molecule has 12 heavy (non-hydrogen) atoms. The Hall–Kier alpha value is -0.120. The highest BCUT2D eigenvalue weighted by molar-refractivity contribution is 4.70. The van der Waals surface area contributed by atoms with Gasteiger partial charge < -0.3 is 10.2 Å². The zero-order valence-electron chi connectivity index (χ0n) is 7.76. The van der Waals surface area contributed by atoms with Gasteiger partial charge in [0.25, 0.3) is 0 Å². The SMILES string of the molecule is C1CN(CCCN2CCNC2)C1. The molecule has 2 fully saturated rings. The van der Waals surface area contributed by atoms with Crippen LogP contribution in [0.4, 0.5) is 0 Å². The second kappa shape index (κ2) is 4.21. The lowest BCUT2D eigenvalue weighted by atomic mass is 10.2. The molecule has 0 amide bonds. The van der Waals surface area contributed by atoms with Gasteiger partial charge in [-0.25, -0.2) is 0 Å².